The van der Waals surface area contributed by atoms with Gasteiger partial charge in [0, 0.05) is 5.92 Å². The van der Waals surface area contributed by atoms with E-state index in [4.69, 9.17) is 9.84 Å². The molecule has 0 aliphatic heterocycles. The minimum absolute atomic E-state index is 0.0758. The molecule has 0 saturated heterocycles. The average Bonchev–Trinajstić information content (AvgIpc) is 3.09. The Labute approximate surface area is 181 Å². The lowest BCUT2D eigenvalue weighted by Gasteiger charge is -2.21. The molecule has 0 radical (unpaired) electrons. The zero-order valence-corrected chi connectivity index (χ0v) is 17.8. The first-order valence-corrected chi connectivity index (χ1v) is 10.6. The first-order chi connectivity index (χ1) is 15.0. The van der Waals surface area contributed by atoms with Crippen LogP contribution in [-0.2, 0) is 14.3 Å². The summed E-state index contributed by atoms with van der Waals surface area (Å²) in [5, 5.41) is 14.2. The van der Waals surface area contributed by atoms with Crippen molar-refractivity contribution in [2.24, 2.45) is 0 Å². The Kier molecular flexibility index (Phi) is 7.28. The number of rotatable bonds is 9. The predicted molar refractivity (Wildman–Crippen MR) is 117 cm³/mol. The number of fused-ring (bicyclic) bond motifs is 3. The van der Waals surface area contributed by atoms with E-state index in [1.165, 1.54) is 0 Å². The lowest BCUT2D eigenvalue weighted by atomic mass is 9.98. The van der Waals surface area contributed by atoms with Crippen molar-refractivity contribution in [1.29, 1.82) is 0 Å². The summed E-state index contributed by atoms with van der Waals surface area (Å²) in [5.41, 5.74) is 4.47. The van der Waals surface area contributed by atoms with Crippen LogP contribution in [0.4, 0.5) is 4.79 Å². The SMILES string of the molecule is CCC[C@@H](NC(=O)OCC1c2ccccc2-c2ccccc21)C(=O)NC(CC)C(=O)O. The molecule has 2 atom stereocenters. The van der Waals surface area contributed by atoms with Gasteiger partial charge in [0.1, 0.15) is 18.7 Å². The molecular formula is C24H28N2O5. The molecule has 0 saturated carbocycles. The number of ether oxygens (including phenoxy) is 1. The second-order valence-electron chi connectivity index (χ2n) is 7.62. The molecular weight excluding hydrogens is 396 g/mol. The van der Waals surface area contributed by atoms with E-state index < -0.39 is 30.1 Å². The van der Waals surface area contributed by atoms with Gasteiger partial charge in [0.2, 0.25) is 5.91 Å². The van der Waals surface area contributed by atoms with Gasteiger partial charge >= 0.3 is 12.1 Å². The summed E-state index contributed by atoms with van der Waals surface area (Å²) >= 11 is 0. The number of hydrogen-bond acceptors (Lipinski definition) is 4. The van der Waals surface area contributed by atoms with Crippen molar-refractivity contribution in [2.45, 2.75) is 51.1 Å². The van der Waals surface area contributed by atoms with Gasteiger partial charge in [0.05, 0.1) is 0 Å². The first-order valence-electron chi connectivity index (χ1n) is 10.6. The van der Waals surface area contributed by atoms with E-state index in [0.29, 0.717) is 12.8 Å². The van der Waals surface area contributed by atoms with E-state index in [-0.39, 0.29) is 18.9 Å². The number of aliphatic carboxylic acids is 1. The quantitative estimate of drug-likeness (QED) is 0.570. The number of hydrogen-bond donors (Lipinski definition) is 3. The Bertz CT molecular complexity index is 913. The normalized spacial score (nSPS) is 14.1. The third-order valence-corrected chi connectivity index (χ3v) is 5.55. The third-order valence-electron chi connectivity index (χ3n) is 5.55. The number of nitrogens with one attached hydrogen (secondary N) is 2. The number of carboxylic acid groups (broad SMARTS) is 1. The summed E-state index contributed by atoms with van der Waals surface area (Å²) in [5.74, 6) is -1.70. The van der Waals surface area contributed by atoms with Crippen LogP contribution in [0.5, 0.6) is 0 Å². The molecule has 0 bridgehead atoms. The minimum Gasteiger partial charge on any atom is -0.480 e. The van der Waals surface area contributed by atoms with Crippen molar-refractivity contribution in [1.82, 2.24) is 10.6 Å². The summed E-state index contributed by atoms with van der Waals surface area (Å²) < 4.78 is 5.50. The highest BCUT2D eigenvalue weighted by atomic mass is 16.5. The monoisotopic (exact) mass is 424 g/mol. The molecule has 2 aromatic rings. The van der Waals surface area contributed by atoms with Crippen molar-refractivity contribution in [3.8, 4) is 11.1 Å². The number of carbonyl (C=O) groups excluding carboxylic acids is 2. The summed E-state index contributed by atoms with van der Waals surface area (Å²) in [7, 11) is 0. The highest BCUT2D eigenvalue weighted by Crippen LogP contribution is 2.44. The van der Waals surface area contributed by atoms with Gasteiger partial charge in [-0.15, -0.1) is 0 Å². The van der Waals surface area contributed by atoms with Gasteiger partial charge in [-0.25, -0.2) is 9.59 Å². The molecule has 2 amide bonds. The van der Waals surface area contributed by atoms with Crippen molar-refractivity contribution < 1.29 is 24.2 Å². The van der Waals surface area contributed by atoms with E-state index in [2.05, 4.69) is 22.8 Å². The van der Waals surface area contributed by atoms with Crippen LogP contribution < -0.4 is 10.6 Å². The maximum Gasteiger partial charge on any atom is 0.407 e. The standard InChI is InChI=1S/C24H28N2O5/c1-3-9-21(22(27)25-20(4-2)23(28)29)26-24(30)31-14-19-17-12-7-5-10-15(17)16-11-6-8-13-18(16)19/h5-8,10-13,19-21H,3-4,9,14H2,1-2H3,(H,25,27)(H,26,30)(H,28,29)/t20?,21-/m1/s1. The summed E-state index contributed by atoms with van der Waals surface area (Å²) in [6, 6.07) is 14.2. The highest BCUT2D eigenvalue weighted by molar-refractivity contribution is 5.89. The zero-order valence-electron chi connectivity index (χ0n) is 17.8. The van der Waals surface area contributed by atoms with Gasteiger partial charge in [-0.2, -0.15) is 0 Å². The largest absolute Gasteiger partial charge is 0.480 e. The minimum atomic E-state index is -1.10. The maximum absolute atomic E-state index is 12.5. The topological polar surface area (TPSA) is 105 Å². The zero-order chi connectivity index (χ0) is 22.4. The number of benzene rings is 2. The second kappa shape index (κ2) is 10.1. The molecule has 3 N–H and O–H groups in total. The van der Waals surface area contributed by atoms with Crippen LogP contribution >= 0.6 is 0 Å². The van der Waals surface area contributed by atoms with Crippen molar-refractivity contribution in [3.63, 3.8) is 0 Å². The fraction of sp³-hybridized carbons (Fsp3) is 0.375. The molecule has 1 unspecified atom stereocenters. The van der Waals surface area contributed by atoms with Crippen molar-refractivity contribution in [3.05, 3.63) is 59.7 Å². The molecule has 7 heteroatoms. The van der Waals surface area contributed by atoms with Crippen LogP contribution in [0, 0.1) is 0 Å². The molecule has 0 heterocycles. The van der Waals surface area contributed by atoms with E-state index >= 15 is 0 Å². The molecule has 2 aromatic carbocycles. The van der Waals surface area contributed by atoms with Crippen molar-refractivity contribution >= 4 is 18.0 Å². The van der Waals surface area contributed by atoms with Gasteiger partial charge in [0.25, 0.3) is 0 Å². The molecule has 1 aliphatic carbocycles. The van der Waals surface area contributed by atoms with Crippen molar-refractivity contribution in [2.75, 3.05) is 6.61 Å². The molecule has 3 rings (SSSR count). The first kappa shape index (κ1) is 22.3. The van der Waals surface area contributed by atoms with Crippen LogP contribution in [0.15, 0.2) is 48.5 Å². The summed E-state index contributed by atoms with van der Waals surface area (Å²) in [4.78, 5) is 36.2. The Balaban J connectivity index is 1.64. The van der Waals surface area contributed by atoms with Gasteiger partial charge in [-0.1, -0.05) is 68.8 Å². The summed E-state index contributed by atoms with van der Waals surface area (Å²) in [6.45, 7) is 3.70. The average molecular weight is 424 g/mol. The molecule has 0 fully saturated rings. The second-order valence-corrected chi connectivity index (χ2v) is 7.62. The predicted octanol–water partition coefficient (Wildman–Crippen LogP) is 3.67. The molecule has 1 aliphatic rings. The Morgan fingerprint density at radius 1 is 0.935 bits per heavy atom. The van der Waals surface area contributed by atoms with Crippen LogP contribution in [-0.4, -0.2) is 41.8 Å². The van der Waals surface area contributed by atoms with E-state index in [0.717, 1.165) is 22.3 Å². The Morgan fingerprint density at radius 2 is 1.52 bits per heavy atom. The lowest BCUT2D eigenvalue weighted by Crippen LogP contribution is -2.51. The van der Waals surface area contributed by atoms with Crippen LogP contribution in [0.25, 0.3) is 11.1 Å². The molecule has 7 nitrogen and oxygen atoms in total. The van der Waals surface area contributed by atoms with Crippen LogP contribution in [0.1, 0.15) is 50.2 Å². The fourth-order valence-electron chi connectivity index (χ4n) is 3.95. The van der Waals surface area contributed by atoms with E-state index in [9.17, 15) is 14.4 Å². The molecule has 0 aromatic heterocycles. The third kappa shape index (κ3) is 5.05. The van der Waals surface area contributed by atoms with E-state index in [1.807, 2.05) is 43.3 Å². The molecule has 164 valence electrons. The number of amides is 2. The van der Waals surface area contributed by atoms with Gasteiger partial charge in [-0.05, 0) is 35.1 Å². The van der Waals surface area contributed by atoms with Crippen LogP contribution in [0.2, 0.25) is 0 Å². The summed E-state index contributed by atoms with van der Waals surface area (Å²) in [6.07, 6.45) is 0.585. The van der Waals surface area contributed by atoms with Crippen LogP contribution in [0.3, 0.4) is 0 Å². The Morgan fingerprint density at radius 3 is 2.03 bits per heavy atom. The fourth-order valence-corrected chi connectivity index (χ4v) is 3.95. The molecule has 0 spiro atoms. The van der Waals surface area contributed by atoms with Gasteiger partial charge in [0.15, 0.2) is 0 Å². The number of carbonyl (C=O) groups is 3. The lowest BCUT2D eigenvalue weighted by molar-refractivity contribution is -0.142. The van der Waals surface area contributed by atoms with Gasteiger partial charge in [-0.3, -0.25) is 4.79 Å². The van der Waals surface area contributed by atoms with Gasteiger partial charge < -0.3 is 20.5 Å². The molecule has 31 heavy (non-hydrogen) atoms. The maximum atomic E-state index is 12.5. The number of alkyl carbamates (subject to hydrolysis) is 1. The smallest absolute Gasteiger partial charge is 0.407 e. The number of carboxylic acids is 1. The Hall–Kier alpha value is -3.35. The highest BCUT2D eigenvalue weighted by Gasteiger charge is 2.30. The van der Waals surface area contributed by atoms with E-state index in [1.54, 1.807) is 6.92 Å².